The van der Waals surface area contributed by atoms with Gasteiger partial charge in [-0.2, -0.15) is 5.10 Å². The van der Waals surface area contributed by atoms with Crippen LogP contribution in [0.1, 0.15) is 23.6 Å². The van der Waals surface area contributed by atoms with Crippen LogP contribution in [0.3, 0.4) is 0 Å². The number of hydrogen-bond acceptors (Lipinski definition) is 5. The minimum atomic E-state index is -3.88. The van der Waals surface area contributed by atoms with Crippen LogP contribution >= 0.6 is 23.2 Å². The van der Waals surface area contributed by atoms with E-state index in [-0.39, 0.29) is 23.6 Å². The van der Waals surface area contributed by atoms with Crippen molar-refractivity contribution in [1.29, 1.82) is 0 Å². The Hall–Kier alpha value is -2.39. The molecule has 10 heteroatoms. The molecule has 1 atom stereocenters. The average molecular weight is 479 g/mol. The Morgan fingerprint density at radius 3 is 2.52 bits per heavy atom. The molecule has 0 amide bonds. The van der Waals surface area contributed by atoms with E-state index in [4.69, 9.17) is 23.2 Å². The fourth-order valence-electron chi connectivity index (χ4n) is 3.78. The van der Waals surface area contributed by atoms with Gasteiger partial charge in [0, 0.05) is 36.1 Å². The van der Waals surface area contributed by atoms with Crippen molar-refractivity contribution in [2.24, 2.45) is 7.05 Å². The van der Waals surface area contributed by atoms with Gasteiger partial charge in [-0.25, -0.2) is 8.42 Å². The molecule has 1 aromatic heterocycles. The number of halogens is 2. The van der Waals surface area contributed by atoms with E-state index in [0.29, 0.717) is 32.6 Å². The average Bonchev–Trinajstić information content (AvgIpc) is 3.28. The molecule has 162 valence electrons. The molecule has 0 saturated heterocycles. The van der Waals surface area contributed by atoms with E-state index in [2.05, 4.69) is 15.1 Å². The smallest absolute Gasteiger partial charge is 0.263 e. The first-order chi connectivity index (χ1) is 14.6. The standard InChI is InChI=1S/C21H20Cl2N4O3S/c1-21(19(28)11-13-16(22)6-4-7-17(13)23)15-5-3-8-18(14(15)12-24-21)31(29,30)26-20-9-10-25-27(20)2/h3-10,24,26H,11-12H2,1-2H3/t21-/m0/s1. The van der Waals surface area contributed by atoms with Gasteiger partial charge in [0.05, 0.1) is 11.1 Å². The quantitative estimate of drug-likeness (QED) is 0.563. The zero-order valence-electron chi connectivity index (χ0n) is 16.8. The van der Waals surface area contributed by atoms with Crippen molar-refractivity contribution >= 4 is 44.8 Å². The summed E-state index contributed by atoms with van der Waals surface area (Å²) in [6.07, 6.45) is 1.52. The predicted octanol–water partition coefficient (Wildman–Crippen LogP) is 3.66. The SMILES string of the molecule is Cn1nccc1NS(=O)(=O)c1cccc2c1CN[C@]2(C)C(=O)Cc1c(Cl)cccc1Cl. The minimum absolute atomic E-state index is 0.0195. The Labute approximate surface area is 190 Å². The number of nitrogens with zero attached hydrogens (tertiary/aromatic N) is 2. The molecule has 1 aliphatic heterocycles. The van der Waals surface area contributed by atoms with Gasteiger partial charge in [0.25, 0.3) is 10.0 Å². The molecule has 2 N–H and O–H groups in total. The summed E-state index contributed by atoms with van der Waals surface area (Å²) in [6.45, 7) is 1.98. The lowest BCUT2D eigenvalue weighted by Crippen LogP contribution is -2.42. The Kier molecular flexibility index (Phi) is 5.59. The van der Waals surface area contributed by atoms with E-state index in [9.17, 15) is 13.2 Å². The van der Waals surface area contributed by atoms with E-state index in [1.54, 1.807) is 50.4 Å². The van der Waals surface area contributed by atoms with Crippen LogP contribution in [0, 0.1) is 0 Å². The minimum Gasteiger partial charge on any atom is -0.297 e. The molecule has 4 rings (SSSR count). The fourth-order valence-corrected chi connectivity index (χ4v) is 5.66. The second-order valence-electron chi connectivity index (χ2n) is 7.51. The number of ketones is 1. The lowest BCUT2D eigenvalue weighted by molar-refractivity contribution is -0.124. The van der Waals surface area contributed by atoms with Gasteiger partial charge >= 0.3 is 0 Å². The van der Waals surface area contributed by atoms with Crippen LogP contribution < -0.4 is 10.0 Å². The van der Waals surface area contributed by atoms with E-state index in [1.165, 1.54) is 16.9 Å². The first kappa shape index (κ1) is 21.8. The molecule has 7 nitrogen and oxygen atoms in total. The van der Waals surface area contributed by atoms with Crippen molar-refractivity contribution in [3.63, 3.8) is 0 Å². The Morgan fingerprint density at radius 1 is 1.19 bits per heavy atom. The number of sulfonamides is 1. The van der Waals surface area contributed by atoms with Gasteiger partial charge in [-0.15, -0.1) is 0 Å². The lowest BCUT2D eigenvalue weighted by atomic mass is 9.85. The van der Waals surface area contributed by atoms with E-state index in [0.717, 1.165) is 0 Å². The van der Waals surface area contributed by atoms with Gasteiger partial charge in [0.15, 0.2) is 5.78 Å². The third kappa shape index (κ3) is 3.85. The van der Waals surface area contributed by atoms with Crippen LogP contribution in [0.2, 0.25) is 10.0 Å². The third-order valence-electron chi connectivity index (χ3n) is 5.60. The normalized spacial score (nSPS) is 18.1. The van der Waals surface area contributed by atoms with Crippen LogP contribution in [0.5, 0.6) is 0 Å². The number of rotatable bonds is 6. The van der Waals surface area contributed by atoms with Crippen LogP contribution in [0.25, 0.3) is 0 Å². The number of anilines is 1. The van der Waals surface area contributed by atoms with Crippen LogP contribution in [0.15, 0.2) is 53.6 Å². The molecule has 0 spiro atoms. The number of hydrogen-bond donors (Lipinski definition) is 2. The van der Waals surface area contributed by atoms with Gasteiger partial charge in [0.1, 0.15) is 11.4 Å². The highest BCUT2D eigenvalue weighted by molar-refractivity contribution is 7.92. The number of carbonyl (C=O) groups is 1. The first-order valence-corrected chi connectivity index (χ1v) is 11.7. The van der Waals surface area contributed by atoms with Crippen molar-refractivity contribution in [3.05, 3.63) is 75.4 Å². The molecule has 0 bridgehead atoms. The maximum Gasteiger partial charge on any atom is 0.263 e. The highest BCUT2D eigenvalue weighted by Crippen LogP contribution is 2.37. The topological polar surface area (TPSA) is 93.1 Å². The van der Waals surface area contributed by atoms with Crippen LogP contribution in [-0.2, 0) is 40.4 Å². The molecule has 2 aromatic carbocycles. The first-order valence-electron chi connectivity index (χ1n) is 9.48. The second kappa shape index (κ2) is 7.94. The molecule has 0 unspecified atom stereocenters. The number of carbonyl (C=O) groups excluding carboxylic acids is 1. The van der Waals surface area contributed by atoms with Crippen molar-refractivity contribution < 1.29 is 13.2 Å². The maximum absolute atomic E-state index is 13.3. The third-order valence-corrected chi connectivity index (χ3v) is 7.74. The summed E-state index contributed by atoms with van der Waals surface area (Å²) in [5, 5.41) is 8.01. The Balaban J connectivity index is 1.69. The summed E-state index contributed by atoms with van der Waals surface area (Å²) in [6, 6.07) is 11.6. The summed E-state index contributed by atoms with van der Waals surface area (Å²) in [5.74, 6) is 0.186. The van der Waals surface area contributed by atoms with Gasteiger partial charge in [-0.05, 0) is 41.8 Å². The molecule has 31 heavy (non-hydrogen) atoms. The Morgan fingerprint density at radius 2 is 1.87 bits per heavy atom. The van der Waals surface area contributed by atoms with Crippen molar-refractivity contribution in [3.8, 4) is 0 Å². The van der Waals surface area contributed by atoms with Crippen molar-refractivity contribution in [2.45, 2.75) is 30.3 Å². The van der Waals surface area contributed by atoms with E-state index >= 15 is 0 Å². The predicted molar refractivity (Wildman–Crippen MR) is 120 cm³/mol. The Bertz CT molecular complexity index is 1270. The summed E-state index contributed by atoms with van der Waals surface area (Å²) in [7, 11) is -2.24. The van der Waals surface area contributed by atoms with Gasteiger partial charge in [0.2, 0.25) is 0 Å². The van der Waals surface area contributed by atoms with Crippen LogP contribution in [0.4, 0.5) is 5.82 Å². The lowest BCUT2D eigenvalue weighted by Gasteiger charge is -2.25. The maximum atomic E-state index is 13.3. The van der Waals surface area contributed by atoms with E-state index < -0.39 is 15.6 Å². The highest BCUT2D eigenvalue weighted by atomic mass is 35.5. The zero-order valence-corrected chi connectivity index (χ0v) is 19.1. The molecule has 0 aliphatic carbocycles. The number of Topliss-reactive ketones (excluding diaryl/α,β-unsaturated/α-hetero) is 1. The van der Waals surface area contributed by atoms with Crippen molar-refractivity contribution in [1.82, 2.24) is 15.1 Å². The number of aromatic nitrogens is 2. The molecule has 1 aliphatic rings. The summed E-state index contributed by atoms with van der Waals surface area (Å²) in [5.41, 5.74) is 0.649. The van der Waals surface area contributed by atoms with Crippen molar-refractivity contribution in [2.75, 3.05) is 4.72 Å². The molecular weight excluding hydrogens is 459 g/mol. The van der Waals surface area contributed by atoms with Gasteiger partial charge in [-0.3, -0.25) is 19.5 Å². The molecule has 0 fully saturated rings. The number of aryl methyl sites for hydroxylation is 1. The number of fused-ring (bicyclic) bond motifs is 1. The fraction of sp³-hybridized carbons (Fsp3) is 0.238. The van der Waals surface area contributed by atoms with Gasteiger partial charge in [-0.1, -0.05) is 41.4 Å². The van der Waals surface area contributed by atoms with Gasteiger partial charge < -0.3 is 0 Å². The summed E-state index contributed by atoms with van der Waals surface area (Å²) < 4.78 is 30.1. The second-order valence-corrected chi connectivity index (χ2v) is 9.97. The monoisotopic (exact) mass is 478 g/mol. The molecule has 0 radical (unpaired) electrons. The summed E-state index contributed by atoms with van der Waals surface area (Å²) >= 11 is 12.5. The molecule has 2 heterocycles. The molecule has 3 aromatic rings. The summed E-state index contributed by atoms with van der Waals surface area (Å²) in [4.78, 5) is 13.4. The van der Waals surface area contributed by atoms with Crippen LogP contribution in [-0.4, -0.2) is 24.0 Å². The largest absolute Gasteiger partial charge is 0.297 e. The number of benzene rings is 2. The highest BCUT2D eigenvalue weighted by Gasteiger charge is 2.42. The molecule has 0 saturated carbocycles. The number of nitrogens with one attached hydrogen (secondary N) is 2. The van der Waals surface area contributed by atoms with E-state index in [1.807, 2.05) is 0 Å². The molecular formula is C21H20Cl2N4O3S. The zero-order chi connectivity index (χ0) is 22.4.